The van der Waals surface area contributed by atoms with Crippen LogP contribution in [0.25, 0.3) is 11.4 Å². The Kier molecular flexibility index (Phi) is 4.84. The van der Waals surface area contributed by atoms with E-state index in [0.29, 0.717) is 11.0 Å². The molecule has 1 unspecified atom stereocenters. The van der Waals surface area contributed by atoms with Crippen LogP contribution in [-0.2, 0) is 4.79 Å². The van der Waals surface area contributed by atoms with Crippen molar-refractivity contribution in [3.8, 4) is 11.4 Å². The maximum absolute atomic E-state index is 12.0. The number of nitrogens with one attached hydrogen (secondary N) is 3. The summed E-state index contributed by atoms with van der Waals surface area (Å²) in [6, 6.07) is 7.69. The molecule has 1 aromatic carbocycles. The van der Waals surface area contributed by atoms with Crippen LogP contribution >= 0.6 is 11.8 Å². The molecule has 1 saturated carbocycles. The van der Waals surface area contributed by atoms with E-state index < -0.39 is 11.3 Å². The number of imide groups is 1. The van der Waals surface area contributed by atoms with Crippen molar-refractivity contribution in [2.45, 2.75) is 43.1 Å². The molecule has 1 atom stereocenters. The number of aromatic nitrogens is 3. The van der Waals surface area contributed by atoms with Crippen molar-refractivity contribution in [1.29, 1.82) is 0 Å². The summed E-state index contributed by atoms with van der Waals surface area (Å²) >= 11 is 1.20. The van der Waals surface area contributed by atoms with Crippen molar-refractivity contribution in [1.82, 2.24) is 25.8 Å². The minimum atomic E-state index is -0.475. The first-order chi connectivity index (χ1) is 11.5. The van der Waals surface area contributed by atoms with Gasteiger partial charge in [0, 0.05) is 11.6 Å². The Morgan fingerprint density at radius 2 is 2.00 bits per heavy atom. The van der Waals surface area contributed by atoms with Gasteiger partial charge in [-0.3, -0.25) is 15.2 Å². The summed E-state index contributed by atoms with van der Waals surface area (Å²) in [5.74, 6) is 0.288. The number of hydrogen-bond donors (Lipinski definition) is 3. The number of aryl methyl sites for hydroxylation is 1. The van der Waals surface area contributed by atoms with Gasteiger partial charge in [-0.05, 0) is 26.7 Å². The first-order valence-electron chi connectivity index (χ1n) is 7.79. The zero-order valence-electron chi connectivity index (χ0n) is 13.5. The van der Waals surface area contributed by atoms with Gasteiger partial charge < -0.3 is 5.32 Å². The van der Waals surface area contributed by atoms with Crippen molar-refractivity contribution in [2.24, 2.45) is 0 Å². The van der Waals surface area contributed by atoms with Crippen molar-refractivity contribution < 1.29 is 9.59 Å². The highest BCUT2D eigenvalue weighted by Crippen LogP contribution is 2.23. The maximum Gasteiger partial charge on any atom is 0.321 e. The van der Waals surface area contributed by atoms with E-state index in [1.54, 1.807) is 6.92 Å². The van der Waals surface area contributed by atoms with E-state index in [-0.39, 0.29) is 11.9 Å². The summed E-state index contributed by atoms with van der Waals surface area (Å²) in [6.45, 7) is 3.73. The number of carbonyl (C=O) groups is 2. The lowest BCUT2D eigenvalue weighted by Crippen LogP contribution is -2.43. The van der Waals surface area contributed by atoms with Crippen molar-refractivity contribution in [2.75, 3.05) is 0 Å². The molecule has 0 bridgehead atoms. The Bertz CT molecular complexity index is 739. The van der Waals surface area contributed by atoms with Crippen LogP contribution in [0.4, 0.5) is 4.79 Å². The predicted octanol–water partition coefficient (Wildman–Crippen LogP) is 2.25. The number of hydrogen-bond acceptors (Lipinski definition) is 5. The number of benzene rings is 1. The zero-order valence-corrected chi connectivity index (χ0v) is 14.3. The number of rotatable bonds is 5. The van der Waals surface area contributed by atoms with Gasteiger partial charge in [0.05, 0.1) is 5.25 Å². The second-order valence-corrected chi connectivity index (χ2v) is 7.14. The van der Waals surface area contributed by atoms with Crippen LogP contribution in [0, 0.1) is 6.92 Å². The molecular formula is C16H19N5O2S. The number of thioether (sulfide) groups is 1. The molecular weight excluding hydrogens is 326 g/mol. The van der Waals surface area contributed by atoms with Crippen LogP contribution in [0.2, 0.25) is 0 Å². The Morgan fingerprint density at radius 3 is 2.67 bits per heavy atom. The third kappa shape index (κ3) is 4.35. The van der Waals surface area contributed by atoms with E-state index in [1.165, 1.54) is 17.3 Å². The largest absolute Gasteiger partial charge is 0.335 e. The number of carbonyl (C=O) groups excluding carboxylic acids is 2. The van der Waals surface area contributed by atoms with Gasteiger partial charge in [-0.15, -0.1) is 5.10 Å². The molecule has 3 N–H and O–H groups in total. The third-order valence-electron chi connectivity index (χ3n) is 3.59. The van der Waals surface area contributed by atoms with Gasteiger partial charge in [-0.25, -0.2) is 9.78 Å². The quantitative estimate of drug-likeness (QED) is 0.722. The normalized spacial score (nSPS) is 14.9. The Labute approximate surface area is 144 Å². The van der Waals surface area contributed by atoms with Crippen molar-refractivity contribution in [3.05, 3.63) is 29.8 Å². The summed E-state index contributed by atoms with van der Waals surface area (Å²) in [7, 11) is 0. The van der Waals surface area contributed by atoms with Gasteiger partial charge >= 0.3 is 6.03 Å². The van der Waals surface area contributed by atoms with Crippen LogP contribution in [0.3, 0.4) is 0 Å². The smallest absolute Gasteiger partial charge is 0.321 e. The van der Waals surface area contributed by atoms with Gasteiger partial charge in [0.1, 0.15) is 0 Å². The van der Waals surface area contributed by atoms with Gasteiger partial charge in [0.15, 0.2) is 5.82 Å². The predicted molar refractivity (Wildman–Crippen MR) is 91.6 cm³/mol. The fraction of sp³-hybridized carbons (Fsp3) is 0.375. The molecule has 0 spiro atoms. The molecule has 0 aliphatic heterocycles. The number of amides is 3. The summed E-state index contributed by atoms with van der Waals surface area (Å²) in [4.78, 5) is 28.0. The molecule has 1 heterocycles. The average molecular weight is 345 g/mol. The van der Waals surface area contributed by atoms with Crippen LogP contribution in [0.5, 0.6) is 0 Å². The fourth-order valence-electron chi connectivity index (χ4n) is 2.01. The Balaban J connectivity index is 1.56. The van der Waals surface area contributed by atoms with E-state index in [1.807, 2.05) is 31.2 Å². The van der Waals surface area contributed by atoms with E-state index in [0.717, 1.165) is 18.4 Å². The SMILES string of the molecule is Cc1ccc(-c2nc(SC(C)C(=O)NC(=O)NC3CC3)n[nH]2)cc1. The molecule has 7 nitrogen and oxygen atoms in total. The number of aromatic amines is 1. The highest BCUT2D eigenvalue weighted by atomic mass is 32.2. The minimum Gasteiger partial charge on any atom is -0.335 e. The molecule has 3 amide bonds. The van der Waals surface area contributed by atoms with E-state index >= 15 is 0 Å². The standard InChI is InChI=1S/C16H19N5O2S/c1-9-3-5-11(6-4-9)13-18-16(21-20-13)24-10(2)14(22)19-15(23)17-12-7-8-12/h3-6,10,12H,7-8H2,1-2H3,(H,18,20,21)(H2,17,19,22,23). The summed E-state index contributed by atoms with van der Waals surface area (Å²) in [6.07, 6.45) is 1.95. The Morgan fingerprint density at radius 1 is 1.29 bits per heavy atom. The number of nitrogens with zero attached hydrogens (tertiary/aromatic N) is 2. The summed E-state index contributed by atoms with van der Waals surface area (Å²) in [5.41, 5.74) is 2.10. The van der Waals surface area contributed by atoms with Crippen LogP contribution in [0.1, 0.15) is 25.3 Å². The highest BCUT2D eigenvalue weighted by molar-refractivity contribution is 8.00. The first kappa shape index (κ1) is 16.5. The van der Waals surface area contributed by atoms with E-state index in [9.17, 15) is 9.59 Å². The molecule has 0 saturated heterocycles. The first-order valence-corrected chi connectivity index (χ1v) is 8.66. The molecule has 1 fully saturated rings. The molecule has 3 rings (SSSR count). The van der Waals surface area contributed by atoms with Crippen LogP contribution < -0.4 is 10.6 Å². The highest BCUT2D eigenvalue weighted by Gasteiger charge is 2.25. The van der Waals surface area contributed by atoms with Gasteiger partial charge in [0.2, 0.25) is 11.1 Å². The molecule has 24 heavy (non-hydrogen) atoms. The molecule has 1 aliphatic rings. The molecule has 126 valence electrons. The van der Waals surface area contributed by atoms with Crippen molar-refractivity contribution in [3.63, 3.8) is 0 Å². The molecule has 1 aromatic heterocycles. The minimum absolute atomic E-state index is 0.214. The molecule has 8 heteroatoms. The van der Waals surface area contributed by atoms with E-state index in [4.69, 9.17) is 0 Å². The van der Waals surface area contributed by atoms with E-state index in [2.05, 4.69) is 25.8 Å². The molecule has 2 aromatic rings. The fourth-order valence-corrected chi connectivity index (χ4v) is 2.74. The van der Waals surface area contributed by atoms with Gasteiger partial charge in [-0.1, -0.05) is 41.6 Å². The summed E-state index contributed by atoms with van der Waals surface area (Å²) in [5, 5.41) is 12.0. The number of urea groups is 1. The lowest BCUT2D eigenvalue weighted by Gasteiger charge is -2.09. The molecule has 1 aliphatic carbocycles. The van der Waals surface area contributed by atoms with Gasteiger partial charge in [-0.2, -0.15) is 0 Å². The monoisotopic (exact) mass is 345 g/mol. The van der Waals surface area contributed by atoms with Crippen molar-refractivity contribution >= 4 is 23.7 Å². The third-order valence-corrected chi connectivity index (χ3v) is 4.55. The van der Waals surface area contributed by atoms with Crippen LogP contribution in [-0.4, -0.2) is 38.4 Å². The maximum atomic E-state index is 12.0. The second kappa shape index (κ2) is 7.04. The van der Waals surface area contributed by atoms with Gasteiger partial charge in [0.25, 0.3) is 0 Å². The lowest BCUT2D eigenvalue weighted by molar-refractivity contribution is -0.119. The number of H-pyrrole nitrogens is 1. The second-order valence-electron chi connectivity index (χ2n) is 5.83. The Hall–Kier alpha value is -2.35. The average Bonchev–Trinajstić information content (AvgIpc) is 3.23. The summed E-state index contributed by atoms with van der Waals surface area (Å²) < 4.78 is 0. The van der Waals surface area contributed by atoms with Crippen LogP contribution in [0.15, 0.2) is 29.4 Å². The topological polar surface area (TPSA) is 99.8 Å². The zero-order chi connectivity index (χ0) is 17.1. The molecule has 0 radical (unpaired) electrons. The lowest BCUT2D eigenvalue weighted by atomic mass is 10.1.